The molecular formula is C14H10N2O4. The Kier molecular flexibility index (Phi) is 3.93. The molecule has 1 N–H and O–H groups in total. The summed E-state index contributed by atoms with van der Waals surface area (Å²) in [5.74, 6) is 0.395. The monoisotopic (exact) mass is 270 g/mol. The van der Waals surface area contributed by atoms with E-state index in [0.29, 0.717) is 11.3 Å². The fourth-order valence-electron chi connectivity index (χ4n) is 1.61. The second kappa shape index (κ2) is 5.82. The van der Waals surface area contributed by atoms with Gasteiger partial charge in [-0.3, -0.25) is 10.1 Å². The van der Waals surface area contributed by atoms with E-state index >= 15 is 0 Å². The van der Waals surface area contributed by atoms with Crippen molar-refractivity contribution in [2.24, 2.45) is 0 Å². The van der Waals surface area contributed by atoms with Gasteiger partial charge in [0.2, 0.25) is 5.75 Å². The molecule has 0 heterocycles. The molecular weight excluding hydrogens is 260 g/mol. The largest absolute Gasteiger partial charge is 0.450 e. The molecule has 2 aromatic rings. The van der Waals surface area contributed by atoms with Crippen molar-refractivity contribution in [1.82, 2.24) is 0 Å². The average Bonchev–Trinajstić information content (AvgIpc) is 2.47. The van der Waals surface area contributed by atoms with Crippen LogP contribution in [0, 0.1) is 21.4 Å². The Morgan fingerprint density at radius 1 is 1.25 bits per heavy atom. The summed E-state index contributed by atoms with van der Waals surface area (Å²) in [6.45, 7) is -0.0929. The van der Waals surface area contributed by atoms with E-state index in [1.165, 1.54) is 18.2 Å². The lowest BCUT2D eigenvalue weighted by Crippen LogP contribution is -1.94. The van der Waals surface area contributed by atoms with Crippen molar-refractivity contribution in [2.45, 2.75) is 6.61 Å². The molecule has 0 saturated carbocycles. The minimum Gasteiger partial charge on any atom is -0.450 e. The Hall–Kier alpha value is -2.91. The van der Waals surface area contributed by atoms with E-state index in [-0.39, 0.29) is 23.6 Å². The molecule has 100 valence electrons. The summed E-state index contributed by atoms with van der Waals surface area (Å²) in [5, 5.41) is 28.7. The molecule has 0 aromatic heterocycles. The molecule has 0 amide bonds. The fourth-order valence-corrected chi connectivity index (χ4v) is 1.61. The van der Waals surface area contributed by atoms with E-state index in [1.807, 2.05) is 6.07 Å². The second-order valence-corrected chi connectivity index (χ2v) is 3.96. The molecule has 0 aliphatic carbocycles. The van der Waals surface area contributed by atoms with Crippen molar-refractivity contribution in [3.8, 4) is 17.6 Å². The lowest BCUT2D eigenvalue weighted by Gasteiger charge is -2.07. The van der Waals surface area contributed by atoms with Gasteiger partial charge in [0.25, 0.3) is 0 Å². The zero-order valence-electron chi connectivity index (χ0n) is 10.3. The molecule has 0 atom stereocenters. The van der Waals surface area contributed by atoms with Crippen molar-refractivity contribution in [1.29, 1.82) is 5.26 Å². The second-order valence-electron chi connectivity index (χ2n) is 3.96. The fraction of sp³-hybridized carbons (Fsp3) is 0.0714. The van der Waals surface area contributed by atoms with Gasteiger partial charge in [-0.25, -0.2) is 0 Å². The zero-order chi connectivity index (χ0) is 14.5. The van der Waals surface area contributed by atoms with Crippen LogP contribution in [0.25, 0.3) is 0 Å². The van der Waals surface area contributed by atoms with E-state index in [1.54, 1.807) is 24.3 Å². The Morgan fingerprint density at radius 3 is 2.50 bits per heavy atom. The molecule has 2 rings (SSSR count). The maximum Gasteiger partial charge on any atom is 0.311 e. The summed E-state index contributed by atoms with van der Waals surface area (Å²) in [7, 11) is 0. The smallest absolute Gasteiger partial charge is 0.311 e. The van der Waals surface area contributed by atoms with E-state index in [4.69, 9.17) is 15.1 Å². The molecule has 0 spiro atoms. The Bertz CT molecular complexity index is 675. The third-order valence-electron chi connectivity index (χ3n) is 2.62. The first-order valence-corrected chi connectivity index (χ1v) is 5.70. The summed E-state index contributed by atoms with van der Waals surface area (Å²) >= 11 is 0. The highest BCUT2D eigenvalue weighted by atomic mass is 16.6. The number of aliphatic hydroxyl groups excluding tert-OH is 1. The first-order chi connectivity index (χ1) is 9.63. The van der Waals surface area contributed by atoms with Crippen LogP contribution in [0.15, 0.2) is 42.5 Å². The normalized spacial score (nSPS) is 9.80. The number of aliphatic hydroxyl groups is 1. The summed E-state index contributed by atoms with van der Waals surface area (Å²) in [6.07, 6.45) is 0. The van der Waals surface area contributed by atoms with E-state index < -0.39 is 4.92 Å². The van der Waals surface area contributed by atoms with Crippen LogP contribution in [0.3, 0.4) is 0 Å². The lowest BCUT2D eigenvalue weighted by molar-refractivity contribution is -0.385. The molecule has 20 heavy (non-hydrogen) atoms. The van der Waals surface area contributed by atoms with Gasteiger partial charge in [0.1, 0.15) is 5.75 Å². The van der Waals surface area contributed by atoms with Crippen molar-refractivity contribution >= 4 is 5.69 Å². The minimum absolute atomic E-state index is 0.00537. The van der Waals surface area contributed by atoms with Gasteiger partial charge < -0.3 is 9.84 Å². The Labute approximate surface area is 114 Å². The van der Waals surface area contributed by atoms with Gasteiger partial charge in [-0.1, -0.05) is 12.1 Å². The van der Waals surface area contributed by atoms with Gasteiger partial charge in [-0.15, -0.1) is 0 Å². The topological polar surface area (TPSA) is 96.4 Å². The third kappa shape index (κ3) is 2.91. The zero-order valence-corrected chi connectivity index (χ0v) is 10.3. The SMILES string of the molecule is N#Cc1ccc([N+](=O)[O-])c(Oc2ccc(CO)cc2)c1. The van der Waals surface area contributed by atoms with Gasteiger partial charge in [-0.2, -0.15) is 5.26 Å². The number of benzene rings is 2. The number of ether oxygens (including phenoxy) is 1. The van der Waals surface area contributed by atoms with Crippen molar-refractivity contribution in [3.63, 3.8) is 0 Å². The highest BCUT2D eigenvalue weighted by molar-refractivity contribution is 5.53. The molecule has 0 saturated heterocycles. The van der Waals surface area contributed by atoms with Crippen LogP contribution in [0.1, 0.15) is 11.1 Å². The van der Waals surface area contributed by atoms with E-state index in [2.05, 4.69) is 0 Å². The number of hydrogen-bond acceptors (Lipinski definition) is 5. The number of nitro groups is 1. The van der Waals surface area contributed by atoms with Gasteiger partial charge in [0.15, 0.2) is 0 Å². The molecule has 0 aliphatic rings. The third-order valence-corrected chi connectivity index (χ3v) is 2.62. The average molecular weight is 270 g/mol. The van der Waals surface area contributed by atoms with Gasteiger partial charge in [0.05, 0.1) is 23.2 Å². The molecule has 0 fully saturated rings. The predicted octanol–water partition coefficient (Wildman–Crippen LogP) is 2.75. The first kappa shape index (κ1) is 13.5. The summed E-state index contributed by atoms with van der Waals surface area (Å²) < 4.78 is 5.44. The molecule has 0 unspecified atom stereocenters. The summed E-state index contributed by atoms with van der Waals surface area (Å²) in [4.78, 5) is 10.4. The Balaban J connectivity index is 2.35. The molecule has 0 radical (unpaired) electrons. The number of nitro benzene ring substituents is 1. The standard InChI is InChI=1S/C14H10N2O4/c15-8-11-3-6-13(16(18)19)14(7-11)20-12-4-1-10(9-17)2-5-12/h1-7,17H,9H2. The molecule has 0 aliphatic heterocycles. The van der Waals surface area contributed by atoms with E-state index in [9.17, 15) is 10.1 Å². The van der Waals surface area contributed by atoms with Crippen LogP contribution < -0.4 is 4.74 Å². The Morgan fingerprint density at radius 2 is 1.95 bits per heavy atom. The number of hydrogen-bond donors (Lipinski definition) is 1. The van der Waals surface area contributed by atoms with Crippen molar-refractivity contribution in [3.05, 3.63) is 63.7 Å². The molecule has 0 bridgehead atoms. The number of nitrogens with zero attached hydrogens (tertiary/aromatic N) is 2. The summed E-state index contributed by atoms with van der Waals surface area (Å²) in [6, 6.07) is 12.3. The maximum atomic E-state index is 10.9. The predicted molar refractivity (Wildman–Crippen MR) is 70.3 cm³/mol. The lowest BCUT2D eigenvalue weighted by atomic mass is 10.2. The van der Waals surface area contributed by atoms with Crippen LogP contribution >= 0.6 is 0 Å². The molecule has 2 aromatic carbocycles. The van der Waals surface area contributed by atoms with Crippen molar-refractivity contribution < 1.29 is 14.8 Å². The van der Waals surface area contributed by atoms with Crippen LogP contribution in [-0.4, -0.2) is 10.0 Å². The maximum absolute atomic E-state index is 10.9. The number of rotatable bonds is 4. The van der Waals surface area contributed by atoms with Gasteiger partial charge >= 0.3 is 5.69 Å². The van der Waals surface area contributed by atoms with Crippen LogP contribution in [0.5, 0.6) is 11.5 Å². The van der Waals surface area contributed by atoms with Crippen LogP contribution in [0.4, 0.5) is 5.69 Å². The van der Waals surface area contributed by atoms with Crippen LogP contribution in [0.2, 0.25) is 0 Å². The van der Waals surface area contributed by atoms with Crippen LogP contribution in [-0.2, 0) is 6.61 Å². The minimum atomic E-state index is -0.571. The van der Waals surface area contributed by atoms with E-state index in [0.717, 1.165) is 0 Å². The van der Waals surface area contributed by atoms with Crippen molar-refractivity contribution in [2.75, 3.05) is 0 Å². The quantitative estimate of drug-likeness (QED) is 0.680. The number of nitriles is 1. The van der Waals surface area contributed by atoms with Gasteiger partial charge in [-0.05, 0) is 23.8 Å². The molecule has 6 nitrogen and oxygen atoms in total. The summed E-state index contributed by atoms with van der Waals surface area (Å²) in [5.41, 5.74) is 0.769. The first-order valence-electron chi connectivity index (χ1n) is 5.70. The van der Waals surface area contributed by atoms with Gasteiger partial charge in [0, 0.05) is 12.1 Å². The molecule has 6 heteroatoms. The highest BCUT2D eigenvalue weighted by Crippen LogP contribution is 2.32. The highest BCUT2D eigenvalue weighted by Gasteiger charge is 2.16.